The van der Waals surface area contributed by atoms with Crippen LogP contribution in [0.15, 0.2) is 0 Å². The van der Waals surface area contributed by atoms with Crippen molar-refractivity contribution in [1.82, 2.24) is 4.90 Å². The predicted molar refractivity (Wildman–Crippen MR) is 75.4 cm³/mol. The summed E-state index contributed by atoms with van der Waals surface area (Å²) in [6.07, 6.45) is 1.18. The fraction of sp³-hybridized carbons (Fsp3) is 0.857. The molecule has 1 amide bonds. The summed E-state index contributed by atoms with van der Waals surface area (Å²) in [5.74, 6) is -1.05. The highest BCUT2D eigenvalue weighted by molar-refractivity contribution is 5.75. The molecule has 1 rings (SSSR count). The van der Waals surface area contributed by atoms with Gasteiger partial charge < -0.3 is 20.5 Å². The van der Waals surface area contributed by atoms with E-state index in [2.05, 4.69) is 0 Å². The van der Waals surface area contributed by atoms with Gasteiger partial charge in [0, 0.05) is 18.0 Å². The van der Waals surface area contributed by atoms with E-state index in [1.54, 1.807) is 18.7 Å². The number of likely N-dealkylation sites (tertiary alicyclic amines) is 1. The molecular weight excluding hydrogens is 260 g/mol. The van der Waals surface area contributed by atoms with Crippen LogP contribution in [0, 0.1) is 5.41 Å². The van der Waals surface area contributed by atoms with E-state index < -0.39 is 29.1 Å². The Kier molecular flexibility index (Phi) is 4.69. The first-order valence-corrected chi connectivity index (χ1v) is 6.95. The first kappa shape index (κ1) is 16.8. The monoisotopic (exact) mass is 286 g/mol. The molecule has 116 valence electrons. The lowest BCUT2D eigenvalue weighted by Gasteiger charge is -2.40. The van der Waals surface area contributed by atoms with Gasteiger partial charge in [-0.05, 0) is 33.6 Å². The summed E-state index contributed by atoms with van der Waals surface area (Å²) in [6, 6.07) is -1.24. The van der Waals surface area contributed by atoms with Crippen LogP contribution in [0.5, 0.6) is 0 Å². The van der Waals surface area contributed by atoms with Crippen LogP contribution >= 0.6 is 0 Å². The van der Waals surface area contributed by atoms with Crippen LogP contribution in [0.25, 0.3) is 0 Å². The molecule has 0 spiro atoms. The Hall–Kier alpha value is -1.30. The first-order chi connectivity index (χ1) is 8.97. The third kappa shape index (κ3) is 3.62. The molecule has 1 aliphatic rings. The summed E-state index contributed by atoms with van der Waals surface area (Å²) < 4.78 is 5.39. The number of amides is 1. The Balaban J connectivity index is 2.89. The van der Waals surface area contributed by atoms with Gasteiger partial charge in [0.25, 0.3) is 0 Å². The molecule has 0 aliphatic carbocycles. The smallest absolute Gasteiger partial charge is 0.410 e. The van der Waals surface area contributed by atoms with Gasteiger partial charge in [0.05, 0.1) is 0 Å². The highest BCUT2D eigenvalue weighted by atomic mass is 16.6. The highest BCUT2D eigenvalue weighted by Gasteiger charge is 2.46. The van der Waals surface area contributed by atoms with Gasteiger partial charge in [0.15, 0.2) is 0 Å². The van der Waals surface area contributed by atoms with Crippen LogP contribution in [0.1, 0.15) is 47.5 Å². The van der Waals surface area contributed by atoms with E-state index in [9.17, 15) is 9.59 Å². The largest absolute Gasteiger partial charge is 0.480 e. The molecule has 1 aliphatic heterocycles. The van der Waals surface area contributed by atoms with Gasteiger partial charge in [-0.15, -0.1) is 0 Å². The molecule has 3 N–H and O–H groups in total. The summed E-state index contributed by atoms with van der Waals surface area (Å²) in [7, 11) is 0. The Bertz CT molecular complexity index is 387. The standard InChI is InChI=1S/C14H26N2O4/c1-13(2,3)20-12(19)16-8-6-7-9(16)14(4,5)10(15)11(17)18/h9-10H,6-8,15H2,1-5H3,(H,17,18). The zero-order valence-electron chi connectivity index (χ0n) is 13.0. The summed E-state index contributed by atoms with van der Waals surface area (Å²) >= 11 is 0. The van der Waals surface area contributed by atoms with Crippen molar-refractivity contribution in [3.05, 3.63) is 0 Å². The number of nitrogens with two attached hydrogens (primary N) is 1. The fourth-order valence-corrected chi connectivity index (χ4v) is 2.60. The predicted octanol–water partition coefficient (Wildman–Crippen LogP) is 1.82. The number of hydrogen-bond donors (Lipinski definition) is 2. The Labute approximate surface area is 120 Å². The number of carbonyl (C=O) groups is 2. The molecule has 0 saturated carbocycles. The van der Waals surface area contributed by atoms with Crippen LogP contribution < -0.4 is 5.73 Å². The second kappa shape index (κ2) is 5.60. The van der Waals surface area contributed by atoms with Gasteiger partial charge in [-0.2, -0.15) is 0 Å². The first-order valence-electron chi connectivity index (χ1n) is 6.95. The van der Waals surface area contributed by atoms with Crippen molar-refractivity contribution in [2.75, 3.05) is 6.54 Å². The molecule has 6 nitrogen and oxygen atoms in total. The van der Waals surface area contributed by atoms with E-state index in [4.69, 9.17) is 15.6 Å². The summed E-state index contributed by atoms with van der Waals surface area (Å²) in [6.45, 7) is 9.59. The van der Waals surface area contributed by atoms with Gasteiger partial charge in [-0.3, -0.25) is 4.79 Å². The minimum atomic E-state index is -1.05. The Morgan fingerprint density at radius 3 is 2.30 bits per heavy atom. The van der Waals surface area contributed by atoms with Crippen molar-refractivity contribution in [3.63, 3.8) is 0 Å². The second-order valence-electron chi connectivity index (χ2n) is 6.97. The molecule has 20 heavy (non-hydrogen) atoms. The fourth-order valence-electron chi connectivity index (χ4n) is 2.60. The van der Waals surface area contributed by atoms with E-state index in [0.29, 0.717) is 6.54 Å². The minimum Gasteiger partial charge on any atom is -0.480 e. The molecular formula is C14H26N2O4. The van der Waals surface area contributed by atoms with Gasteiger partial charge in [-0.1, -0.05) is 13.8 Å². The molecule has 1 fully saturated rings. The molecule has 0 bridgehead atoms. The van der Waals surface area contributed by atoms with Gasteiger partial charge in [0.2, 0.25) is 0 Å². The van der Waals surface area contributed by atoms with E-state index in [1.807, 2.05) is 20.8 Å². The number of carboxylic acid groups (broad SMARTS) is 1. The lowest BCUT2D eigenvalue weighted by molar-refractivity contribution is -0.142. The number of carboxylic acids is 1. The summed E-state index contributed by atoms with van der Waals surface area (Å²) in [5, 5.41) is 9.13. The topological polar surface area (TPSA) is 92.9 Å². The van der Waals surface area contributed by atoms with Gasteiger partial charge >= 0.3 is 12.1 Å². The van der Waals surface area contributed by atoms with Gasteiger partial charge in [-0.25, -0.2) is 4.79 Å². The zero-order chi connectivity index (χ0) is 15.7. The van der Waals surface area contributed by atoms with Crippen molar-refractivity contribution in [1.29, 1.82) is 0 Å². The third-order valence-corrected chi connectivity index (χ3v) is 3.81. The molecule has 0 aromatic rings. The van der Waals surface area contributed by atoms with E-state index >= 15 is 0 Å². The average molecular weight is 286 g/mol. The zero-order valence-corrected chi connectivity index (χ0v) is 13.0. The molecule has 1 saturated heterocycles. The number of nitrogens with zero attached hydrogens (tertiary/aromatic N) is 1. The molecule has 2 atom stereocenters. The molecule has 2 unspecified atom stereocenters. The maximum atomic E-state index is 12.2. The molecule has 1 heterocycles. The number of rotatable bonds is 3. The average Bonchev–Trinajstić information content (AvgIpc) is 2.74. The maximum Gasteiger partial charge on any atom is 0.410 e. The lowest BCUT2D eigenvalue weighted by Crippen LogP contribution is -2.56. The van der Waals surface area contributed by atoms with Crippen LogP contribution in [0.2, 0.25) is 0 Å². The van der Waals surface area contributed by atoms with E-state index in [0.717, 1.165) is 12.8 Å². The molecule has 0 aromatic carbocycles. The Morgan fingerprint density at radius 2 is 1.85 bits per heavy atom. The van der Waals surface area contributed by atoms with Crippen molar-refractivity contribution >= 4 is 12.1 Å². The van der Waals surface area contributed by atoms with Crippen LogP contribution in [-0.2, 0) is 9.53 Å². The van der Waals surface area contributed by atoms with Crippen molar-refractivity contribution in [3.8, 4) is 0 Å². The SMILES string of the molecule is CC(C)(C)OC(=O)N1CCCC1C(C)(C)C(N)C(=O)O. The van der Waals surface area contributed by atoms with Crippen molar-refractivity contribution < 1.29 is 19.4 Å². The highest BCUT2D eigenvalue weighted by Crippen LogP contribution is 2.36. The molecule has 0 radical (unpaired) electrons. The van der Waals surface area contributed by atoms with E-state index in [1.165, 1.54) is 0 Å². The minimum absolute atomic E-state index is 0.219. The summed E-state index contributed by atoms with van der Waals surface area (Å²) in [5.41, 5.74) is 4.51. The maximum absolute atomic E-state index is 12.2. The molecule has 0 aromatic heterocycles. The number of hydrogen-bond acceptors (Lipinski definition) is 4. The number of carbonyl (C=O) groups excluding carboxylic acids is 1. The van der Waals surface area contributed by atoms with Crippen LogP contribution in [0.3, 0.4) is 0 Å². The normalized spacial score (nSPS) is 21.7. The van der Waals surface area contributed by atoms with Crippen LogP contribution in [0.4, 0.5) is 4.79 Å². The van der Waals surface area contributed by atoms with Gasteiger partial charge in [0.1, 0.15) is 11.6 Å². The Morgan fingerprint density at radius 1 is 1.30 bits per heavy atom. The quantitative estimate of drug-likeness (QED) is 0.825. The second-order valence-corrected chi connectivity index (χ2v) is 6.97. The van der Waals surface area contributed by atoms with Crippen molar-refractivity contribution in [2.24, 2.45) is 11.1 Å². The third-order valence-electron chi connectivity index (χ3n) is 3.81. The molecule has 6 heteroatoms. The van der Waals surface area contributed by atoms with Crippen molar-refractivity contribution in [2.45, 2.75) is 65.1 Å². The summed E-state index contributed by atoms with van der Waals surface area (Å²) in [4.78, 5) is 25.0. The number of ether oxygens (including phenoxy) is 1. The lowest BCUT2D eigenvalue weighted by atomic mass is 9.76. The van der Waals surface area contributed by atoms with Crippen LogP contribution in [-0.4, -0.2) is 46.3 Å². The van der Waals surface area contributed by atoms with E-state index in [-0.39, 0.29) is 6.04 Å². The number of aliphatic carboxylic acids is 1.